The van der Waals surface area contributed by atoms with Crippen LogP contribution in [0.15, 0.2) is 52.1 Å². The highest BCUT2D eigenvalue weighted by atomic mass is 19.1. The Morgan fingerprint density at radius 3 is 2.60 bits per heavy atom. The smallest absolute Gasteiger partial charge is 0.315 e. The van der Waals surface area contributed by atoms with E-state index in [2.05, 4.69) is 48.1 Å². The monoisotopic (exact) mass is 570 g/mol. The summed E-state index contributed by atoms with van der Waals surface area (Å²) in [5.74, 6) is 0.217. The van der Waals surface area contributed by atoms with Gasteiger partial charge in [0, 0.05) is 36.2 Å². The predicted molar refractivity (Wildman–Crippen MR) is 160 cm³/mol. The molecular weight excluding hydrogens is 535 g/mol. The number of aromatic amines is 1. The fraction of sp³-hybridized carbons (Fsp3) is 0.355. The first-order valence-corrected chi connectivity index (χ1v) is 14.0. The first-order chi connectivity index (χ1) is 20.2. The SMILES string of the molecule is C=Nc1[nH]c(-c2ccc(N3CCCCC3)cn2)nc1/C(=C\C)c1ccc(CNC(=O)c2nc(C(C)(C)C)no2)c(F)c1. The van der Waals surface area contributed by atoms with Crippen LogP contribution in [0, 0.1) is 5.82 Å². The highest BCUT2D eigenvalue weighted by molar-refractivity contribution is 5.89. The Morgan fingerprint density at radius 1 is 1.19 bits per heavy atom. The minimum Gasteiger partial charge on any atom is -0.370 e. The zero-order valence-electron chi connectivity index (χ0n) is 24.4. The molecule has 1 fully saturated rings. The quantitative estimate of drug-likeness (QED) is 0.249. The van der Waals surface area contributed by atoms with Crippen molar-refractivity contribution in [1.29, 1.82) is 0 Å². The van der Waals surface area contributed by atoms with Crippen molar-refractivity contribution in [2.75, 3.05) is 18.0 Å². The third-order valence-corrected chi connectivity index (χ3v) is 7.19. The van der Waals surface area contributed by atoms with Crippen molar-refractivity contribution in [3.05, 3.63) is 77.0 Å². The zero-order chi connectivity index (χ0) is 29.9. The molecule has 3 aromatic heterocycles. The number of carbonyl (C=O) groups excluding carboxylic acids is 1. The number of amides is 1. The Balaban J connectivity index is 1.31. The standard InChI is InChI=1S/C31H35FN8O2/c1-6-22(19-10-11-20(23(32)16-19)17-35-28(41)29-38-30(39-42-29)31(2,3)4)25-27(33-5)37-26(36-25)24-13-12-21(18-34-24)40-14-8-7-9-15-40/h6,10-13,16,18H,5,7-9,14-15,17H2,1-4H3,(H,35,41)(H,36,37)/b22-6-. The Kier molecular flexibility index (Phi) is 8.28. The summed E-state index contributed by atoms with van der Waals surface area (Å²) in [4.78, 5) is 35.7. The van der Waals surface area contributed by atoms with Gasteiger partial charge in [0.25, 0.3) is 0 Å². The summed E-state index contributed by atoms with van der Waals surface area (Å²) in [7, 11) is 0. The van der Waals surface area contributed by atoms with Crippen LogP contribution in [0.5, 0.6) is 0 Å². The van der Waals surface area contributed by atoms with Crippen LogP contribution >= 0.6 is 0 Å². The van der Waals surface area contributed by atoms with Gasteiger partial charge in [-0.3, -0.25) is 9.78 Å². The normalized spacial score (nSPS) is 14.2. The third-order valence-electron chi connectivity index (χ3n) is 7.19. The number of hydrogen-bond acceptors (Lipinski definition) is 8. The number of anilines is 1. The molecule has 1 aliphatic heterocycles. The lowest BCUT2D eigenvalue weighted by molar-refractivity contribution is 0.0906. The Bertz CT molecular complexity index is 1610. The van der Waals surface area contributed by atoms with Gasteiger partial charge in [0.1, 0.15) is 17.2 Å². The van der Waals surface area contributed by atoms with Crippen LogP contribution in [-0.4, -0.2) is 50.8 Å². The van der Waals surface area contributed by atoms with E-state index in [9.17, 15) is 4.79 Å². The lowest BCUT2D eigenvalue weighted by atomic mass is 9.96. The van der Waals surface area contributed by atoms with E-state index in [-0.39, 0.29) is 17.9 Å². The molecule has 2 N–H and O–H groups in total. The average molecular weight is 571 g/mol. The molecule has 5 rings (SSSR count). The maximum atomic E-state index is 15.2. The fourth-order valence-electron chi connectivity index (χ4n) is 4.82. The number of nitrogens with one attached hydrogen (secondary N) is 2. The number of piperidine rings is 1. The number of pyridine rings is 1. The van der Waals surface area contributed by atoms with Gasteiger partial charge >= 0.3 is 11.8 Å². The van der Waals surface area contributed by atoms with E-state index < -0.39 is 11.7 Å². The van der Waals surface area contributed by atoms with Gasteiger partial charge in [0.15, 0.2) is 17.5 Å². The van der Waals surface area contributed by atoms with Crippen LogP contribution in [0.1, 0.15) is 80.3 Å². The highest BCUT2D eigenvalue weighted by Crippen LogP contribution is 2.33. The van der Waals surface area contributed by atoms with E-state index in [1.54, 1.807) is 12.1 Å². The number of aliphatic imine (C=N–C) groups is 1. The Morgan fingerprint density at radius 2 is 1.98 bits per heavy atom. The van der Waals surface area contributed by atoms with Crippen molar-refractivity contribution in [3.63, 3.8) is 0 Å². The number of allylic oxidation sites excluding steroid dienone is 1. The molecule has 0 bridgehead atoms. The summed E-state index contributed by atoms with van der Waals surface area (Å²) in [5, 5.41) is 6.49. The predicted octanol–water partition coefficient (Wildman–Crippen LogP) is 6.00. The number of aromatic nitrogens is 5. The third kappa shape index (κ3) is 6.14. The molecule has 0 spiro atoms. The number of halogens is 1. The summed E-state index contributed by atoms with van der Waals surface area (Å²) in [6.07, 6.45) is 7.37. The molecular formula is C31H35FN8O2. The molecule has 0 radical (unpaired) electrons. The summed E-state index contributed by atoms with van der Waals surface area (Å²) in [6.45, 7) is 13.3. The van der Waals surface area contributed by atoms with Crippen molar-refractivity contribution in [3.8, 4) is 11.5 Å². The van der Waals surface area contributed by atoms with Crippen molar-refractivity contribution < 1.29 is 13.7 Å². The molecule has 1 aliphatic rings. The lowest BCUT2D eigenvalue weighted by Crippen LogP contribution is -2.29. The van der Waals surface area contributed by atoms with Crippen LogP contribution in [0.3, 0.4) is 0 Å². The van der Waals surface area contributed by atoms with E-state index in [4.69, 9.17) is 9.51 Å². The van der Waals surface area contributed by atoms with Crippen LogP contribution < -0.4 is 10.2 Å². The van der Waals surface area contributed by atoms with Gasteiger partial charge in [-0.2, -0.15) is 4.98 Å². The molecule has 1 saturated heterocycles. The van der Waals surface area contributed by atoms with Crippen molar-refractivity contribution in [1.82, 2.24) is 30.4 Å². The molecule has 10 nitrogen and oxygen atoms in total. The van der Waals surface area contributed by atoms with Crippen LogP contribution in [0.4, 0.5) is 15.9 Å². The van der Waals surface area contributed by atoms with E-state index in [1.807, 2.05) is 46.0 Å². The van der Waals surface area contributed by atoms with Gasteiger partial charge in [0.05, 0.1) is 11.9 Å². The summed E-state index contributed by atoms with van der Waals surface area (Å²) >= 11 is 0. The molecule has 0 unspecified atom stereocenters. The number of carbonyl (C=O) groups is 1. The fourth-order valence-corrected chi connectivity index (χ4v) is 4.82. The first kappa shape index (κ1) is 28.8. The summed E-state index contributed by atoms with van der Waals surface area (Å²) < 4.78 is 20.3. The molecule has 0 saturated carbocycles. The number of nitrogens with zero attached hydrogens (tertiary/aromatic N) is 6. The molecule has 218 valence electrons. The number of imidazole rings is 1. The molecule has 1 aromatic carbocycles. The van der Waals surface area contributed by atoms with Gasteiger partial charge in [-0.05, 0) is 56.7 Å². The zero-order valence-corrected chi connectivity index (χ0v) is 24.4. The number of benzene rings is 1. The maximum Gasteiger partial charge on any atom is 0.315 e. The number of H-pyrrole nitrogens is 1. The molecule has 4 heterocycles. The van der Waals surface area contributed by atoms with Gasteiger partial charge in [-0.1, -0.05) is 44.1 Å². The maximum absolute atomic E-state index is 15.2. The molecule has 1 amide bonds. The minimum atomic E-state index is -0.570. The lowest BCUT2D eigenvalue weighted by Gasteiger charge is -2.28. The first-order valence-electron chi connectivity index (χ1n) is 14.0. The van der Waals surface area contributed by atoms with Crippen LogP contribution in [0.2, 0.25) is 0 Å². The minimum absolute atomic E-state index is 0.0472. The molecule has 4 aromatic rings. The highest BCUT2D eigenvalue weighted by Gasteiger charge is 2.24. The molecule has 11 heteroatoms. The second-order valence-corrected chi connectivity index (χ2v) is 11.3. The molecule has 42 heavy (non-hydrogen) atoms. The van der Waals surface area contributed by atoms with Gasteiger partial charge in [-0.25, -0.2) is 14.4 Å². The summed E-state index contributed by atoms with van der Waals surface area (Å²) in [6, 6.07) is 8.81. The second-order valence-electron chi connectivity index (χ2n) is 11.3. The molecule has 0 aliphatic carbocycles. The van der Waals surface area contributed by atoms with Crippen LogP contribution in [-0.2, 0) is 12.0 Å². The van der Waals surface area contributed by atoms with E-state index >= 15 is 4.39 Å². The van der Waals surface area contributed by atoms with E-state index in [0.717, 1.165) is 18.8 Å². The largest absolute Gasteiger partial charge is 0.370 e. The average Bonchev–Trinajstić information content (AvgIpc) is 3.66. The van der Waals surface area contributed by atoms with Crippen molar-refractivity contribution in [2.24, 2.45) is 4.99 Å². The van der Waals surface area contributed by atoms with Crippen molar-refractivity contribution >= 4 is 29.7 Å². The second kappa shape index (κ2) is 12.1. The van der Waals surface area contributed by atoms with Gasteiger partial charge in [0.2, 0.25) is 0 Å². The summed E-state index contributed by atoms with van der Waals surface area (Å²) in [5.41, 5.74) is 3.54. The van der Waals surface area contributed by atoms with Crippen LogP contribution in [0.25, 0.3) is 17.1 Å². The Labute approximate surface area is 244 Å². The van der Waals surface area contributed by atoms with E-state index in [1.165, 1.54) is 25.3 Å². The van der Waals surface area contributed by atoms with Crippen molar-refractivity contribution in [2.45, 2.75) is 58.9 Å². The van der Waals surface area contributed by atoms with Gasteiger partial charge in [-0.15, -0.1) is 0 Å². The number of rotatable bonds is 8. The Hall–Kier alpha value is -4.67. The molecule has 0 atom stereocenters. The number of hydrogen-bond donors (Lipinski definition) is 2. The van der Waals surface area contributed by atoms with E-state index in [0.29, 0.717) is 45.6 Å². The van der Waals surface area contributed by atoms with Gasteiger partial charge < -0.3 is 19.7 Å². The topological polar surface area (TPSA) is 125 Å².